The Morgan fingerprint density at radius 3 is 2.53 bits per heavy atom. The second-order valence-electron chi connectivity index (χ2n) is 4.70. The summed E-state index contributed by atoms with van der Waals surface area (Å²) in [5.41, 5.74) is 0.0185. The number of hydrogen-bond acceptors (Lipinski definition) is 2. The minimum absolute atomic E-state index is 0.167. The largest absolute Gasteiger partial charge is 0.388 e. The molecule has 0 bridgehead atoms. The monoisotopic (exact) mass is 268 g/mol. The van der Waals surface area contributed by atoms with E-state index in [2.05, 4.69) is 10.6 Å². The van der Waals surface area contributed by atoms with Gasteiger partial charge in [-0.3, -0.25) is 0 Å². The zero-order chi connectivity index (χ0) is 14.5. The van der Waals surface area contributed by atoms with E-state index in [1.54, 1.807) is 19.1 Å². The molecule has 1 rings (SSSR count). The third-order valence-corrected chi connectivity index (χ3v) is 3.32. The van der Waals surface area contributed by atoms with Crippen LogP contribution in [0.15, 0.2) is 18.2 Å². The van der Waals surface area contributed by atoms with E-state index in [-0.39, 0.29) is 12.4 Å². The second kappa shape index (κ2) is 6.52. The topological polar surface area (TPSA) is 61.4 Å². The first-order valence-corrected chi connectivity index (χ1v) is 6.43. The molecule has 5 heteroatoms. The molecular formula is C14H21FN2O2. The first kappa shape index (κ1) is 15.4. The Bertz CT molecular complexity index is 445. The van der Waals surface area contributed by atoms with Crippen molar-refractivity contribution in [3.8, 4) is 0 Å². The number of benzene rings is 1. The van der Waals surface area contributed by atoms with Crippen LogP contribution in [0.25, 0.3) is 0 Å². The van der Waals surface area contributed by atoms with Gasteiger partial charge < -0.3 is 15.7 Å². The van der Waals surface area contributed by atoms with Gasteiger partial charge in [0.1, 0.15) is 5.82 Å². The molecule has 0 atom stereocenters. The fourth-order valence-electron chi connectivity index (χ4n) is 1.59. The number of carbonyl (C=O) groups is 1. The average molecular weight is 268 g/mol. The van der Waals surface area contributed by atoms with Crippen molar-refractivity contribution in [2.45, 2.75) is 39.2 Å². The first-order valence-electron chi connectivity index (χ1n) is 6.43. The van der Waals surface area contributed by atoms with Crippen molar-refractivity contribution in [3.05, 3.63) is 29.6 Å². The number of aryl methyl sites for hydroxylation is 1. The highest BCUT2D eigenvalue weighted by Gasteiger charge is 2.22. The van der Waals surface area contributed by atoms with Crippen molar-refractivity contribution in [1.82, 2.24) is 5.32 Å². The maximum absolute atomic E-state index is 13.3. The smallest absolute Gasteiger partial charge is 0.319 e. The lowest BCUT2D eigenvalue weighted by atomic mass is 9.98. The lowest BCUT2D eigenvalue weighted by Gasteiger charge is -2.25. The molecule has 0 aliphatic carbocycles. The van der Waals surface area contributed by atoms with Crippen LogP contribution in [0.1, 0.15) is 32.3 Å². The van der Waals surface area contributed by atoms with Crippen LogP contribution >= 0.6 is 0 Å². The molecule has 1 aromatic carbocycles. The quantitative estimate of drug-likeness (QED) is 0.769. The third kappa shape index (κ3) is 4.52. The van der Waals surface area contributed by atoms with E-state index in [1.807, 2.05) is 13.8 Å². The van der Waals surface area contributed by atoms with E-state index in [0.717, 1.165) is 0 Å². The number of anilines is 1. The number of halogens is 1. The molecule has 19 heavy (non-hydrogen) atoms. The molecule has 0 radical (unpaired) electrons. The van der Waals surface area contributed by atoms with Crippen molar-refractivity contribution in [2.24, 2.45) is 0 Å². The van der Waals surface area contributed by atoms with Gasteiger partial charge in [0.15, 0.2) is 0 Å². The van der Waals surface area contributed by atoms with Gasteiger partial charge in [0, 0.05) is 12.2 Å². The Morgan fingerprint density at radius 1 is 1.37 bits per heavy atom. The number of amides is 2. The highest BCUT2D eigenvalue weighted by Crippen LogP contribution is 2.14. The SMILES string of the molecule is CCC(O)(CC)CNC(=O)Nc1ccc(C)c(F)c1. The van der Waals surface area contributed by atoms with E-state index in [9.17, 15) is 14.3 Å². The second-order valence-corrected chi connectivity index (χ2v) is 4.70. The van der Waals surface area contributed by atoms with Crippen LogP contribution in [0.2, 0.25) is 0 Å². The molecule has 0 fully saturated rings. The van der Waals surface area contributed by atoms with Crippen molar-refractivity contribution < 1.29 is 14.3 Å². The first-order chi connectivity index (χ1) is 8.90. The predicted molar refractivity (Wildman–Crippen MR) is 73.7 cm³/mol. The summed E-state index contributed by atoms with van der Waals surface area (Å²) in [4.78, 5) is 11.6. The van der Waals surface area contributed by atoms with Crippen LogP contribution in [0.5, 0.6) is 0 Å². The van der Waals surface area contributed by atoms with E-state index in [1.165, 1.54) is 6.07 Å². The minimum atomic E-state index is -0.893. The summed E-state index contributed by atoms with van der Waals surface area (Å²) in [5.74, 6) is -0.364. The summed E-state index contributed by atoms with van der Waals surface area (Å²) < 4.78 is 13.3. The van der Waals surface area contributed by atoms with Gasteiger partial charge >= 0.3 is 6.03 Å². The summed E-state index contributed by atoms with van der Waals surface area (Å²) in [6.07, 6.45) is 1.12. The normalized spacial score (nSPS) is 11.2. The third-order valence-electron chi connectivity index (χ3n) is 3.32. The number of carbonyl (C=O) groups excluding carboxylic acids is 1. The maximum atomic E-state index is 13.3. The molecule has 106 valence electrons. The Hall–Kier alpha value is -1.62. The summed E-state index contributed by atoms with van der Waals surface area (Å²) in [5, 5.41) is 15.1. The molecule has 2 amide bonds. The summed E-state index contributed by atoms with van der Waals surface area (Å²) in [6.45, 7) is 5.54. The van der Waals surface area contributed by atoms with Gasteiger partial charge in [0.2, 0.25) is 0 Å². The van der Waals surface area contributed by atoms with Crippen LogP contribution in [0, 0.1) is 12.7 Å². The zero-order valence-corrected chi connectivity index (χ0v) is 11.6. The fraction of sp³-hybridized carbons (Fsp3) is 0.500. The fourth-order valence-corrected chi connectivity index (χ4v) is 1.59. The van der Waals surface area contributed by atoms with E-state index in [4.69, 9.17) is 0 Å². The van der Waals surface area contributed by atoms with Gasteiger partial charge in [-0.2, -0.15) is 0 Å². The molecule has 0 saturated carbocycles. The molecule has 0 saturated heterocycles. The number of urea groups is 1. The van der Waals surface area contributed by atoms with Crippen molar-refractivity contribution >= 4 is 11.7 Å². The van der Waals surface area contributed by atoms with E-state index < -0.39 is 11.6 Å². The van der Waals surface area contributed by atoms with Crippen LogP contribution in [-0.2, 0) is 0 Å². The lowest BCUT2D eigenvalue weighted by molar-refractivity contribution is 0.0354. The molecule has 1 aromatic rings. The van der Waals surface area contributed by atoms with Gasteiger partial charge in [-0.15, -0.1) is 0 Å². The summed E-state index contributed by atoms with van der Waals surface area (Å²) >= 11 is 0. The Kier molecular flexibility index (Phi) is 5.30. The molecule has 0 aromatic heterocycles. The van der Waals surface area contributed by atoms with Gasteiger partial charge in [-0.05, 0) is 37.5 Å². The predicted octanol–water partition coefficient (Wildman–Crippen LogP) is 2.81. The molecule has 4 nitrogen and oxygen atoms in total. The van der Waals surface area contributed by atoms with Crippen molar-refractivity contribution in [2.75, 3.05) is 11.9 Å². The highest BCUT2D eigenvalue weighted by molar-refractivity contribution is 5.89. The van der Waals surface area contributed by atoms with Crippen molar-refractivity contribution in [1.29, 1.82) is 0 Å². The molecule has 0 spiro atoms. The molecule has 0 unspecified atom stereocenters. The minimum Gasteiger partial charge on any atom is -0.388 e. The van der Waals surface area contributed by atoms with Crippen LogP contribution in [0.4, 0.5) is 14.9 Å². The number of rotatable bonds is 5. The number of aliphatic hydroxyl groups is 1. The Labute approximate surface area is 113 Å². The number of nitrogens with one attached hydrogen (secondary N) is 2. The molecular weight excluding hydrogens is 247 g/mol. The van der Waals surface area contributed by atoms with E-state index >= 15 is 0 Å². The Balaban J connectivity index is 2.53. The maximum Gasteiger partial charge on any atom is 0.319 e. The van der Waals surface area contributed by atoms with Crippen LogP contribution in [-0.4, -0.2) is 23.3 Å². The highest BCUT2D eigenvalue weighted by atomic mass is 19.1. The molecule has 0 aliphatic rings. The van der Waals surface area contributed by atoms with Gasteiger partial charge in [0.25, 0.3) is 0 Å². The zero-order valence-electron chi connectivity index (χ0n) is 11.6. The number of hydrogen-bond donors (Lipinski definition) is 3. The molecule has 3 N–H and O–H groups in total. The van der Waals surface area contributed by atoms with Gasteiger partial charge in [-0.1, -0.05) is 19.9 Å². The van der Waals surface area contributed by atoms with Gasteiger partial charge in [-0.25, -0.2) is 9.18 Å². The average Bonchev–Trinajstić information content (AvgIpc) is 2.40. The summed E-state index contributed by atoms with van der Waals surface area (Å²) in [7, 11) is 0. The van der Waals surface area contributed by atoms with Crippen molar-refractivity contribution in [3.63, 3.8) is 0 Å². The standard InChI is InChI=1S/C14H21FN2O2/c1-4-14(19,5-2)9-16-13(18)17-11-7-6-10(3)12(15)8-11/h6-8,19H,4-5,9H2,1-3H3,(H2,16,17,18). The van der Waals surface area contributed by atoms with Crippen LogP contribution in [0.3, 0.4) is 0 Å². The van der Waals surface area contributed by atoms with Crippen LogP contribution < -0.4 is 10.6 Å². The van der Waals surface area contributed by atoms with E-state index in [0.29, 0.717) is 24.1 Å². The molecule has 0 heterocycles. The summed E-state index contributed by atoms with van der Waals surface area (Å²) in [6, 6.07) is 4.04. The van der Waals surface area contributed by atoms with Gasteiger partial charge in [0.05, 0.1) is 5.60 Å². The Morgan fingerprint density at radius 2 is 2.00 bits per heavy atom. The molecule has 0 aliphatic heterocycles. The lowest BCUT2D eigenvalue weighted by Crippen LogP contribution is -2.43.